The van der Waals surface area contributed by atoms with Crippen molar-refractivity contribution in [1.82, 2.24) is 0 Å². The minimum absolute atomic E-state index is 0.0169. The summed E-state index contributed by atoms with van der Waals surface area (Å²) in [4.78, 5) is 22.4. The van der Waals surface area contributed by atoms with Crippen molar-refractivity contribution in [2.45, 2.75) is 6.92 Å². The van der Waals surface area contributed by atoms with E-state index in [0.29, 0.717) is 5.56 Å². The predicted octanol–water partition coefficient (Wildman–Crippen LogP) is 3.95. The lowest BCUT2D eigenvalue weighted by atomic mass is 10.1. The van der Waals surface area contributed by atoms with Crippen LogP contribution in [0.2, 0.25) is 5.02 Å². The van der Waals surface area contributed by atoms with Gasteiger partial charge in [-0.1, -0.05) is 29.8 Å². The van der Waals surface area contributed by atoms with Gasteiger partial charge in [0.05, 0.1) is 10.6 Å². The first-order valence-electron chi connectivity index (χ1n) is 5.91. The molecular formula is C14H10ClFN2O3. The molecule has 5 nitrogen and oxygen atoms in total. The summed E-state index contributed by atoms with van der Waals surface area (Å²) in [6, 6.07) is 8.29. The van der Waals surface area contributed by atoms with Crippen LogP contribution in [0.4, 0.5) is 15.8 Å². The molecule has 2 aromatic rings. The van der Waals surface area contributed by atoms with Crippen molar-refractivity contribution in [3.05, 3.63) is 68.5 Å². The Labute approximate surface area is 124 Å². The highest BCUT2D eigenvalue weighted by molar-refractivity contribution is 6.33. The molecule has 0 fully saturated rings. The normalized spacial score (nSPS) is 10.2. The third kappa shape index (κ3) is 3.00. The number of amides is 1. The Morgan fingerprint density at radius 1 is 1.29 bits per heavy atom. The molecule has 0 spiro atoms. The van der Waals surface area contributed by atoms with Crippen molar-refractivity contribution >= 4 is 28.9 Å². The van der Waals surface area contributed by atoms with E-state index in [1.807, 2.05) is 0 Å². The number of carbonyl (C=O) groups excluding carboxylic acids is 1. The van der Waals surface area contributed by atoms with E-state index in [1.54, 1.807) is 13.0 Å². The molecule has 0 heterocycles. The van der Waals surface area contributed by atoms with Gasteiger partial charge in [-0.25, -0.2) is 4.39 Å². The van der Waals surface area contributed by atoms with Crippen molar-refractivity contribution in [3.8, 4) is 0 Å². The van der Waals surface area contributed by atoms with Crippen LogP contribution in [0.5, 0.6) is 0 Å². The first-order valence-corrected chi connectivity index (χ1v) is 6.29. The molecule has 1 amide bonds. The number of anilines is 1. The second-order valence-corrected chi connectivity index (χ2v) is 4.69. The number of nitrogens with zero attached hydrogens (tertiary/aromatic N) is 1. The average molecular weight is 309 g/mol. The van der Waals surface area contributed by atoms with Crippen molar-refractivity contribution in [2.24, 2.45) is 0 Å². The van der Waals surface area contributed by atoms with Gasteiger partial charge >= 0.3 is 5.69 Å². The van der Waals surface area contributed by atoms with Crippen LogP contribution < -0.4 is 5.32 Å². The zero-order chi connectivity index (χ0) is 15.6. The summed E-state index contributed by atoms with van der Waals surface area (Å²) < 4.78 is 13.7. The molecule has 0 unspecified atom stereocenters. The molecule has 21 heavy (non-hydrogen) atoms. The molecule has 1 N–H and O–H groups in total. The summed E-state index contributed by atoms with van der Waals surface area (Å²) in [6.07, 6.45) is 0. The molecule has 0 aliphatic heterocycles. The second kappa shape index (κ2) is 5.88. The number of hydrogen-bond donors (Lipinski definition) is 1. The molecule has 0 bridgehead atoms. The highest BCUT2D eigenvalue weighted by Crippen LogP contribution is 2.29. The quantitative estimate of drug-likeness (QED) is 0.689. The van der Waals surface area contributed by atoms with E-state index in [4.69, 9.17) is 11.6 Å². The van der Waals surface area contributed by atoms with Gasteiger partial charge in [-0.15, -0.1) is 0 Å². The number of aryl methyl sites for hydroxylation is 1. The van der Waals surface area contributed by atoms with E-state index in [2.05, 4.69) is 5.32 Å². The molecule has 7 heteroatoms. The van der Waals surface area contributed by atoms with Gasteiger partial charge in [0, 0.05) is 0 Å². The number of nitro groups is 1. The van der Waals surface area contributed by atoms with Gasteiger partial charge in [0.1, 0.15) is 16.4 Å². The first-order chi connectivity index (χ1) is 9.91. The van der Waals surface area contributed by atoms with Gasteiger partial charge in [-0.05, 0) is 30.7 Å². The van der Waals surface area contributed by atoms with E-state index < -0.39 is 22.3 Å². The maximum absolute atomic E-state index is 13.7. The van der Waals surface area contributed by atoms with Gasteiger partial charge in [-0.2, -0.15) is 0 Å². The molecule has 108 valence electrons. The summed E-state index contributed by atoms with van der Waals surface area (Å²) in [5, 5.41) is 13.2. The number of nitrogens with one attached hydrogen (secondary N) is 1. The molecule has 0 aromatic heterocycles. The smallest absolute Gasteiger partial charge is 0.300 e. The Bertz CT molecular complexity index is 714. The fourth-order valence-corrected chi connectivity index (χ4v) is 2.10. The highest BCUT2D eigenvalue weighted by Gasteiger charge is 2.24. The highest BCUT2D eigenvalue weighted by atomic mass is 35.5. The zero-order valence-electron chi connectivity index (χ0n) is 10.9. The SMILES string of the molecule is Cc1cccc(F)c1NC(=O)c1cccc(Cl)c1[N+](=O)[O-]. The second-order valence-electron chi connectivity index (χ2n) is 4.28. The lowest BCUT2D eigenvalue weighted by Gasteiger charge is -2.10. The molecule has 0 atom stereocenters. The lowest BCUT2D eigenvalue weighted by molar-refractivity contribution is -0.385. The predicted molar refractivity (Wildman–Crippen MR) is 77.2 cm³/mol. The van der Waals surface area contributed by atoms with Crippen molar-refractivity contribution in [1.29, 1.82) is 0 Å². The molecule has 2 rings (SSSR count). The molecule has 0 aliphatic rings. The summed E-state index contributed by atoms with van der Waals surface area (Å²) in [5.74, 6) is -1.41. The van der Waals surface area contributed by atoms with Crippen LogP contribution in [0.3, 0.4) is 0 Å². The Hall–Kier alpha value is -2.47. The Morgan fingerprint density at radius 2 is 1.95 bits per heavy atom. The van der Waals surface area contributed by atoms with Crippen molar-refractivity contribution < 1.29 is 14.1 Å². The van der Waals surface area contributed by atoms with Crippen molar-refractivity contribution in [3.63, 3.8) is 0 Å². The van der Waals surface area contributed by atoms with E-state index in [-0.39, 0.29) is 16.3 Å². The summed E-state index contributed by atoms with van der Waals surface area (Å²) in [7, 11) is 0. The Kier molecular flexibility index (Phi) is 4.18. The van der Waals surface area contributed by atoms with Crippen LogP contribution in [-0.4, -0.2) is 10.8 Å². The monoisotopic (exact) mass is 308 g/mol. The number of carbonyl (C=O) groups is 1. The lowest BCUT2D eigenvalue weighted by Crippen LogP contribution is -2.16. The molecule has 2 aromatic carbocycles. The molecule has 0 saturated heterocycles. The fraction of sp³-hybridized carbons (Fsp3) is 0.0714. The van der Waals surface area contributed by atoms with Crippen LogP contribution in [0.1, 0.15) is 15.9 Å². The van der Waals surface area contributed by atoms with E-state index in [9.17, 15) is 19.3 Å². The number of nitro benzene ring substituents is 1. The Balaban J connectivity index is 2.43. The third-order valence-corrected chi connectivity index (χ3v) is 3.18. The number of para-hydroxylation sites is 2. The zero-order valence-corrected chi connectivity index (χ0v) is 11.6. The number of rotatable bonds is 3. The maximum Gasteiger partial charge on any atom is 0.300 e. The topological polar surface area (TPSA) is 72.2 Å². The minimum Gasteiger partial charge on any atom is -0.319 e. The van der Waals surface area contributed by atoms with Crippen LogP contribution in [-0.2, 0) is 0 Å². The minimum atomic E-state index is -0.794. The van der Waals surface area contributed by atoms with Crippen LogP contribution in [0, 0.1) is 22.9 Å². The number of hydrogen-bond acceptors (Lipinski definition) is 3. The summed E-state index contributed by atoms with van der Waals surface area (Å²) in [6.45, 7) is 1.62. The van der Waals surface area contributed by atoms with Gasteiger partial charge in [0.2, 0.25) is 0 Å². The van der Waals surface area contributed by atoms with Gasteiger partial charge < -0.3 is 5.32 Å². The largest absolute Gasteiger partial charge is 0.319 e. The molecule has 0 saturated carbocycles. The van der Waals surface area contributed by atoms with E-state index in [1.165, 1.54) is 30.3 Å². The van der Waals surface area contributed by atoms with Gasteiger partial charge in [-0.3, -0.25) is 14.9 Å². The van der Waals surface area contributed by atoms with E-state index in [0.717, 1.165) is 0 Å². The van der Waals surface area contributed by atoms with Crippen LogP contribution in [0.15, 0.2) is 36.4 Å². The molecular weight excluding hydrogens is 299 g/mol. The van der Waals surface area contributed by atoms with Crippen LogP contribution in [0.25, 0.3) is 0 Å². The van der Waals surface area contributed by atoms with E-state index >= 15 is 0 Å². The van der Waals surface area contributed by atoms with Crippen LogP contribution >= 0.6 is 11.6 Å². The number of halogens is 2. The van der Waals surface area contributed by atoms with Gasteiger partial charge in [0.25, 0.3) is 5.91 Å². The summed E-state index contributed by atoms with van der Waals surface area (Å²) >= 11 is 5.74. The molecule has 0 radical (unpaired) electrons. The number of benzene rings is 2. The standard InChI is InChI=1S/C14H10ClFN2O3/c1-8-4-2-7-11(16)12(8)17-14(19)9-5-3-6-10(15)13(9)18(20)21/h2-7H,1H3,(H,17,19). The van der Waals surface area contributed by atoms with Gasteiger partial charge in [0.15, 0.2) is 0 Å². The Morgan fingerprint density at radius 3 is 2.57 bits per heavy atom. The van der Waals surface area contributed by atoms with Crippen molar-refractivity contribution in [2.75, 3.05) is 5.32 Å². The molecule has 0 aliphatic carbocycles. The summed E-state index contributed by atoms with van der Waals surface area (Å²) in [5.41, 5.74) is -0.245. The maximum atomic E-state index is 13.7. The average Bonchev–Trinajstić information content (AvgIpc) is 2.42. The third-order valence-electron chi connectivity index (χ3n) is 2.87. The fourth-order valence-electron chi connectivity index (χ4n) is 1.86. The first kappa shape index (κ1) is 14.9.